The van der Waals surface area contributed by atoms with E-state index in [1.54, 1.807) is 42.9 Å². The maximum Gasteiger partial charge on any atom is 0.253 e. The van der Waals surface area contributed by atoms with Gasteiger partial charge in [0.25, 0.3) is 5.91 Å². The molecule has 0 radical (unpaired) electrons. The highest BCUT2D eigenvalue weighted by Crippen LogP contribution is 2.26. The van der Waals surface area contributed by atoms with Crippen LogP contribution in [0.4, 0.5) is 11.6 Å². The molecule has 4 rings (SSSR count). The largest absolute Gasteiger partial charge is 0.351 e. The second-order valence-electron chi connectivity index (χ2n) is 7.01. The molecule has 0 saturated carbocycles. The SMILES string of the molecule is O=C(c1ccc(NCl)cc1)N1CCC(Nc2ncc(Cl)c(-c3cccnc3)n2)CC1. The van der Waals surface area contributed by atoms with Gasteiger partial charge >= 0.3 is 0 Å². The molecule has 3 heterocycles. The number of nitrogens with zero attached hydrogens (tertiary/aromatic N) is 4. The number of amides is 1. The molecule has 2 aromatic heterocycles. The Morgan fingerprint density at radius 1 is 1.10 bits per heavy atom. The van der Waals surface area contributed by atoms with Crippen LogP contribution >= 0.6 is 23.4 Å². The van der Waals surface area contributed by atoms with Gasteiger partial charge in [-0.05, 0) is 49.2 Å². The van der Waals surface area contributed by atoms with Crippen molar-refractivity contribution in [1.82, 2.24) is 19.9 Å². The molecular weight excluding hydrogens is 423 g/mol. The third-order valence-corrected chi connectivity index (χ3v) is 5.53. The highest BCUT2D eigenvalue weighted by atomic mass is 35.5. The summed E-state index contributed by atoms with van der Waals surface area (Å²) < 4.78 is 0. The van der Waals surface area contributed by atoms with Crippen LogP contribution in [0.1, 0.15) is 23.2 Å². The molecule has 0 aliphatic carbocycles. The van der Waals surface area contributed by atoms with E-state index in [0.717, 1.165) is 24.1 Å². The number of piperidine rings is 1. The molecular formula is C21H20Cl2N6O. The van der Waals surface area contributed by atoms with Crippen molar-refractivity contribution in [1.29, 1.82) is 0 Å². The molecule has 0 spiro atoms. The maximum absolute atomic E-state index is 12.7. The lowest BCUT2D eigenvalue weighted by Gasteiger charge is -2.32. The summed E-state index contributed by atoms with van der Waals surface area (Å²) >= 11 is 11.8. The molecule has 1 aliphatic rings. The number of halogens is 2. The van der Waals surface area contributed by atoms with Crippen molar-refractivity contribution in [3.8, 4) is 11.3 Å². The molecule has 0 atom stereocenters. The van der Waals surface area contributed by atoms with Gasteiger partial charge in [0.1, 0.15) is 0 Å². The molecule has 7 nitrogen and oxygen atoms in total. The molecule has 1 aliphatic heterocycles. The fourth-order valence-electron chi connectivity index (χ4n) is 3.41. The first kappa shape index (κ1) is 20.4. The van der Waals surface area contributed by atoms with E-state index in [4.69, 9.17) is 23.4 Å². The van der Waals surface area contributed by atoms with E-state index < -0.39 is 0 Å². The fraction of sp³-hybridized carbons (Fsp3) is 0.238. The van der Waals surface area contributed by atoms with Crippen molar-refractivity contribution in [2.24, 2.45) is 0 Å². The van der Waals surface area contributed by atoms with Crippen molar-refractivity contribution in [3.05, 3.63) is 65.6 Å². The predicted octanol–water partition coefficient (Wildman–Crippen LogP) is 4.47. The van der Waals surface area contributed by atoms with Gasteiger partial charge in [0.2, 0.25) is 5.95 Å². The Hall–Kier alpha value is -2.90. The molecule has 1 fully saturated rings. The average molecular weight is 443 g/mol. The molecule has 0 unspecified atom stereocenters. The Labute approximate surface area is 184 Å². The van der Waals surface area contributed by atoms with Crippen molar-refractivity contribution in [2.75, 3.05) is 23.2 Å². The molecule has 3 aromatic rings. The lowest BCUT2D eigenvalue weighted by molar-refractivity contribution is 0.0718. The van der Waals surface area contributed by atoms with E-state index in [1.807, 2.05) is 17.0 Å². The molecule has 2 N–H and O–H groups in total. The number of aromatic nitrogens is 3. The number of carbonyl (C=O) groups is 1. The number of anilines is 2. The van der Waals surface area contributed by atoms with Crippen LogP contribution in [-0.4, -0.2) is 44.9 Å². The van der Waals surface area contributed by atoms with Crippen LogP contribution in [-0.2, 0) is 0 Å². The first-order valence-corrected chi connectivity index (χ1v) is 10.3. The smallest absolute Gasteiger partial charge is 0.253 e. The Kier molecular flexibility index (Phi) is 6.30. The normalized spacial score (nSPS) is 14.4. The first-order chi connectivity index (χ1) is 14.6. The van der Waals surface area contributed by atoms with Crippen molar-refractivity contribution >= 4 is 40.9 Å². The lowest BCUT2D eigenvalue weighted by atomic mass is 10.0. The van der Waals surface area contributed by atoms with Crippen molar-refractivity contribution in [3.63, 3.8) is 0 Å². The summed E-state index contributed by atoms with van der Waals surface area (Å²) in [6.45, 7) is 1.32. The lowest BCUT2D eigenvalue weighted by Crippen LogP contribution is -2.42. The minimum absolute atomic E-state index is 0.0242. The van der Waals surface area contributed by atoms with E-state index in [1.165, 1.54) is 0 Å². The number of benzene rings is 1. The second-order valence-corrected chi connectivity index (χ2v) is 7.61. The summed E-state index contributed by atoms with van der Waals surface area (Å²) in [4.78, 5) is 30.1. The van der Waals surface area contributed by atoms with Crippen molar-refractivity contribution in [2.45, 2.75) is 18.9 Å². The molecule has 9 heteroatoms. The van der Waals surface area contributed by atoms with Gasteiger partial charge in [0, 0.05) is 60.1 Å². The summed E-state index contributed by atoms with van der Waals surface area (Å²) in [6.07, 6.45) is 6.63. The highest BCUT2D eigenvalue weighted by molar-refractivity contribution is 6.32. The monoisotopic (exact) mass is 442 g/mol. The number of hydrogen-bond donors (Lipinski definition) is 2. The third kappa shape index (κ3) is 4.63. The van der Waals surface area contributed by atoms with Crippen LogP contribution in [0, 0.1) is 0 Å². The van der Waals surface area contributed by atoms with Crippen LogP contribution in [0.3, 0.4) is 0 Å². The van der Waals surface area contributed by atoms with Crippen LogP contribution < -0.4 is 10.2 Å². The van der Waals surface area contributed by atoms with Gasteiger partial charge in [0.05, 0.1) is 16.9 Å². The summed E-state index contributed by atoms with van der Waals surface area (Å²) in [5.41, 5.74) is 2.89. The number of nitrogens with one attached hydrogen (secondary N) is 2. The number of rotatable bonds is 5. The topological polar surface area (TPSA) is 83.0 Å². The minimum atomic E-state index is 0.0242. The summed E-state index contributed by atoms with van der Waals surface area (Å²) in [6, 6.07) is 11.0. The zero-order valence-electron chi connectivity index (χ0n) is 16.1. The molecule has 1 saturated heterocycles. The van der Waals surface area contributed by atoms with Gasteiger partial charge in [-0.2, -0.15) is 0 Å². The van der Waals surface area contributed by atoms with Crippen LogP contribution in [0.15, 0.2) is 55.0 Å². The molecule has 0 bridgehead atoms. The first-order valence-electron chi connectivity index (χ1n) is 9.59. The number of pyridine rings is 1. The molecule has 154 valence electrons. The summed E-state index contributed by atoms with van der Waals surface area (Å²) in [5, 5.41) is 3.85. The van der Waals surface area contributed by atoms with Gasteiger partial charge in [-0.3, -0.25) is 14.6 Å². The second kappa shape index (κ2) is 9.28. The van der Waals surface area contributed by atoms with Gasteiger partial charge in [-0.15, -0.1) is 0 Å². The Bertz CT molecular complexity index is 1010. The summed E-state index contributed by atoms with van der Waals surface area (Å²) in [7, 11) is 0. The number of hydrogen-bond acceptors (Lipinski definition) is 6. The quantitative estimate of drug-likeness (QED) is 0.566. The van der Waals surface area contributed by atoms with E-state index in [-0.39, 0.29) is 11.9 Å². The molecule has 1 aromatic carbocycles. The molecule has 1 amide bonds. The highest BCUT2D eigenvalue weighted by Gasteiger charge is 2.24. The van der Waals surface area contributed by atoms with Crippen LogP contribution in [0.25, 0.3) is 11.3 Å². The van der Waals surface area contributed by atoms with Crippen molar-refractivity contribution < 1.29 is 4.79 Å². The van der Waals surface area contributed by atoms with Crippen LogP contribution in [0.5, 0.6) is 0 Å². The van der Waals surface area contributed by atoms with Gasteiger partial charge < -0.3 is 10.2 Å². The summed E-state index contributed by atoms with van der Waals surface area (Å²) in [5.74, 6) is 0.545. The third-order valence-electron chi connectivity index (χ3n) is 5.04. The number of carbonyl (C=O) groups excluding carboxylic acids is 1. The van der Waals surface area contributed by atoms with Crippen LogP contribution in [0.2, 0.25) is 5.02 Å². The van der Waals surface area contributed by atoms with Gasteiger partial charge in [-0.1, -0.05) is 11.6 Å². The van der Waals surface area contributed by atoms with Gasteiger partial charge in [0.15, 0.2) is 0 Å². The van der Waals surface area contributed by atoms with E-state index >= 15 is 0 Å². The van der Waals surface area contributed by atoms with Gasteiger partial charge in [-0.25, -0.2) is 9.97 Å². The zero-order valence-corrected chi connectivity index (χ0v) is 17.6. The maximum atomic E-state index is 12.7. The minimum Gasteiger partial charge on any atom is -0.351 e. The average Bonchev–Trinajstić information content (AvgIpc) is 2.81. The Morgan fingerprint density at radius 2 is 1.87 bits per heavy atom. The predicted molar refractivity (Wildman–Crippen MR) is 119 cm³/mol. The van der Waals surface area contributed by atoms with E-state index in [9.17, 15) is 4.79 Å². The zero-order chi connectivity index (χ0) is 20.9. The van der Waals surface area contributed by atoms with E-state index in [2.05, 4.69) is 25.1 Å². The number of likely N-dealkylation sites (tertiary alicyclic amines) is 1. The van der Waals surface area contributed by atoms with E-state index in [0.29, 0.717) is 35.3 Å². The Balaban J connectivity index is 1.37. The molecule has 30 heavy (non-hydrogen) atoms. The standard InChI is InChI=1S/C21H20Cl2N6O/c22-18-13-25-21(27-19(18)15-2-1-9-24-12-15)26-16-7-10-29(11-8-16)20(30)14-3-5-17(28-23)6-4-14/h1-6,9,12-13,16,28H,7-8,10-11H2,(H,25,26,27). The Morgan fingerprint density at radius 3 is 2.53 bits per heavy atom. The fourth-order valence-corrected chi connectivity index (χ4v) is 3.74.